The number of esters is 1. The number of carbonyl (C=O) groups excluding carboxylic acids is 2. The number of hydrogen-bond donors (Lipinski definition) is 1. The smallest absolute Gasteiger partial charge is 0.416 e. The molecular weight excluding hydrogens is 491 g/mol. The van der Waals surface area contributed by atoms with E-state index < -0.39 is 23.6 Å². The quantitative estimate of drug-likeness (QED) is 0.504. The summed E-state index contributed by atoms with van der Waals surface area (Å²) >= 11 is 1.59. The van der Waals surface area contributed by atoms with Crippen LogP contribution in [0.4, 0.5) is 13.2 Å². The largest absolute Gasteiger partial charge is 0.459 e. The van der Waals surface area contributed by atoms with Gasteiger partial charge < -0.3 is 14.8 Å². The summed E-state index contributed by atoms with van der Waals surface area (Å²) in [4.78, 5) is 27.9. The van der Waals surface area contributed by atoms with Crippen LogP contribution in [0, 0.1) is 0 Å². The van der Waals surface area contributed by atoms with Crippen LogP contribution in [-0.4, -0.2) is 31.1 Å². The molecule has 0 bridgehead atoms. The number of hydrogen-bond acceptors (Lipinski definition) is 6. The Hall–Kier alpha value is -2.91. The standard InChI is InChI=1S/C27H26F3NO4S/c1-15-23(26(33)35-14-19-4-2-10-34-19)24(16-6-8-18(9-7-16)27(28,29)30)25-20(31-15)12-17(13-21(25)32)22-5-3-11-36-22/h3,5-9,11,17,19,24,31H,2,4,10,12-14H2,1H3/t17-,19-,24-/m0/s1. The second-order valence-electron chi connectivity index (χ2n) is 9.39. The van der Waals surface area contributed by atoms with Crippen LogP contribution in [0.25, 0.3) is 0 Å². The third-order valence-corrected chi connectivity index (χ3v) is 8.02. The Kier molecular flexibility index (Phi) is 6.78. The molecule has 2 aromatic rings. The Labute approximate surface area is 211 Å². The molecule has 0 saturated carbocycles. The van der Waals surface area contributed by atoms with Crippen molar-refractivity contribution in [2.75, 3.05) is 13.2 Å². The number of dihydropyridines is 1. The minimum absolute atomic E-state index is 0.0119. The fraction of sp³-hybridized carbons (Fsp3) is 0.407. The molecule has 0 spiro atoms. The van der Waals surface area contributed by atoms with Gasteiger partial charge in [-0.2, -0.15) is 13.2 Å². The molecule has 1 aliphatic carbocycles. The van der Waals surface area contributed by atoms with E-state index in [1.165, 1.54) is 12.1 Å². The summed E-state index contributed by atoms with van der Waals surface area (Å²) in [6.45, 7) is 2.45. The summed E-state index contributed by atoms with van der Waals surface area (Å²) in [5.74, 6) is -1.51. The van der Waals surface area contributed by atoms with Crippen molar-refractivity contribution in [3.63, 3.8) is 0 Å². The molecule has 1 fully saturated rings. The first kappa shape index (κ1) is 24.8. The van der Waals surface area contributed by atoms with Gasteiger partial charge in [0.15, 0.2) is 5.78 Å². The van der Waals surface area contributed by atoms with Crippen LogP contribution in [0.3, 0.4) is 0 Å². The van der Waals surface area contributed by atoms with Crippen molar-refractivity contribution in [2.24, 2.45) is 0 Å². The maximum atomic E-state index is 13.5. The second-order valence-corrected chi connectivity index (χ2v) is 10.4. The Morgan fingerprint density at radius 2 is 1.97 bits per heavy atom. The normalized spacial score (nSPS) is 24.6. The molecule has 1 aromatic heterocycles. The number of thiophene rings is 1. The number of Topliss-reactive ketones (excluding diaryl/α,β-unsaturated/α-hetero) is 1. The second kappa shape index (κ2) is 9.86. The van der Waals surface area contributed by atoms with Gasteiger partial charge in [-0.1, -0.05) is 18.2 Å². The van der Waals surface area contributed by atoms with Crippen LogP contribution in [0.15, 0.2) is 64.3 Å². The van der Waals surface area contributed by atoms with Crippen molar-refractivity contribution in [3.8, 4) is 0 Å². The minimum atomic E-state index is -4.49. The topological polar surface area (TPSA) is 64.6 Å². The van der Waals surface area contributed by atoms with Gasteiger partial charge in [0.25, 0.3) is 0 Å². The Morgan fingerprint density at radius 1 is 1.19 bits per heavy atom. The molecule has 36 heavy (non-hydrogen) atoms. The van der Waals surface area contributed by atoms with E-state index in [0.717, 1.165) is 29.9 Å². The van der Waals surface area contributed by atoms with Gasteiger partial charge in [-0.05, 0) is 55.3 Å². The zero-order valence-electron chi connectivity index (χ0n) is 19.7. The van der Waals surface area contributed by atoms with Crippen molar-refractivity contribution in [1.82, 2.24) is 5.32 Å². The molecule has 190 valence electrons. The molecule has 3 heterocycles. The molecule has 1 aromatic carbocycles. The Morgan fingerprint density at radius 3 is 2.61 bits per heavy atom. The Balaban J connectivity index is 1.51. The first-order valence-corrected chi connectivity index (χ1v) is 12.8. The molecule has 5 rings (SSSR count). The van der Waals surface area contributed by atoms with Crippen LogP contribution in [0.1, 0.15) is 60.4 Å². The van der Waals surface area contributed by atoms with Crippen molar-refractivity contribution in [1.29, 1.82) is 0 Å². The van der Waals surface area contributed by atoms with Crippen LogP contribution >= 0.6 is 11.3 Å². The van der Waals surface area contributed by atoms with E-state index in [1.54, 1.807) is 18.3 Å². The van der Waals surface area contributed by atoms with Crippen LogP contribution in [0.2, 0.25) is 0 Å². The molecule has 9 heteroatoms. The number of rotatable bonds is 5. The average molecular weight is 518 g/mol. The van der Waals surface area contributed by atoms with E-state index in [1.807, 2.05) is 17.5 Å². The van der Waals surface area contributed by atoms with E-state index in [9.17, 15) is 22.8 Å². The zero-order chi connectivity index (χ0) is 25.4. The molecule has 5 nitrogen and oxygen atoms in total. The first-order valence-electron chi connectivity index (χ1n) is 12.0. The molecule has 2 aliphatic heterocycles. The van der Waals surface area contributed by atoms with Crippen molar-refractivity contribution in [2.45, 2.75) is 56.7 Å². The predicted octanol–water partition coefficient (Wildman–Crippen LogP) is 5.85. The maximum absolute atomic E-state index is 13.5. The van der Waals surface area contributed by atoms with E-state index in [0.29, 0.717) is 35.6 Å². The average Bonchev–Trinajstić information content (AvgIpc) is 3.55. The lowest BCUT2D eigenvalue weighted by Crippen LogP contribution is -2.36. The van der Waals surface area contributed by atoms with Gasteiger partial charge in [0, 0.05) is 46.7 Å². The van der Waals surface area contributed by atoms with Gasteiger partial charge in [0.2, 0.25) is 0 Å². The lowest BCUT2D eigenvalue weighted by Gasteiger charge is -2.36. The van der Waals surface area contributed by atoms with Crippen LogP contribution in [-0.2, 0) is 25.2 Å². The lowest BCUT2D eigenvalue weighted by atomic mass is 9.72. The van der Waals surface area contributed by atoms with Crippen LogP contribution < -0.4 is 5.32 Å². The summed E-state index contributed by atoms with van der Waals surface area (Å²) in [7, 11) is 0. The third kappa shape index (κ3) is 4.86. The van der Waals surface area contributed by atoms with Crippen LogP contribution in [0.5, 0.6) is 0 Å². The highest BCUT2D eigenvalue weighted by Crippen LogP contribution is 2.46. The molecule has 3 atom stereocenters. The van der Waals surface area contributed by atoms with Gasteiger partial charge >= 0.3 is 12.1 Å². The van der Waals surface area contributed by atoms with Gasteiger partial charge in [0.05, 0.1) is 17.2 Å². The van der Waals surface area contributed by atoms with E-state index in [-0.39, 0.29) is 36.4 Å². The molecule has 3 aliphatic rings. The van der Waals surface area contributed by atoms with Crippen molar-refractivity contribution >= 4 is 23.1 Å². The van der Waals surface area contributed by atoms with Crippen molar-refractivity contribution in [3.05, 3.63) is 80.3 Å². The molecule has 0 unspecified atom stereocenters. The van der Waals surface area contributed by atoms with E-state index in [2.05, 4.69) is 5.32 Å². The molecule has 0 radical (unpaired) electrons. The predicted molar refractivity (Wildman–Crippen MR) is 128 cm³/mol. The number of nitrogens with one attached hydrogen (secondary N) is 1. The molecular formula is C27H26F3NO4S. The molecule has 0 amide bonds. The van der Waals surface area contributed by atoms with Gasteiger partial charge in [-0.15, -0.1) is 11.3 Å². The monoisotopic (exact) mass is 517 g/mol. The summed E-state index contributed by atoms with van der Waals surface area (Å²) in [6, 6.07) is 8.63. The van der Waals surface area contributed by atoms with E-state index >= 15 is 0 Å². The van der Waals surface area contributed by atoms with Crippen molar-refractivity contribution < 1.29 is 32.2 Å². The first-order chi connectivity index (χ1) is 17.2. The summed E-state index contributed by atoms with van der Waals surface area (Å²) in [5.41, 5.74) is 1.58. The SMILES string of the molecule is CC1=C(C(=O)OC[C@@H]2CCCO2)[C@H](c2ccc(C(F)(F)F)cc2)C2=C(C[C@H](c3cccs3)CC2=O)N1. The molecule has 1 N–H and O–H groups in total. The molecule has 1 saturated heterocycles. The number of alkyl halides is 3. The van der Waals surface area contributed by atoms with Gasteiger partial charge in [-0.25, -0.2) is 4.79 Å². The number of ether oxygens (including phenoxy) is 2. The summed E-state index contributed by atoms with van der Waals surface area (Å²) in [5, 5.41) is 5.23. The Bertz CT molecular complexity index is 1210. The number of benzene rings is 1. The van der Waals surface area contributed by atoms with Gasteiger partial charge in [-0.3, -0.25) is 4.79 Å². The third-order valence-electron chi connectivity index (χ3n) is 6.99. The maximum Gasteiger partial charge on any atom is 0.416 e. The fourth-order valence-electron chi connectivity index (χ4n) is 5.25. The number of halogens is 3. The number of allylic oxidation sites excluding steroid dienone is 3. The zero-order valence-corrected chi connectivity index (χ0v) is 20.5. The minimum Gasteiger partial charge on any atom is -0.459 e. The number of ketones is 1. The van der Waals surface area contributed by atoms with Gasteiger partial charge in [0.1, 0.15) is 6.61 Å². The highest BCUT2D eigenvalue weighted by atomic mass is 32.1. The summed E-state index contributed by atoms with van der Waals surface area (Å²) < 4.78 is 50.8. The lowest BCUT2D eigenvalue weighted by molar-refractivity contribution is -0.142. The fourth-order valence-corrected chi connectivity index (χ4v) is 6.08. The number of carbonyl (C=O) groups is 2. The highest BCUT2D eigenvalue weighted by molar-refractivity contribution is 7.10. The highest BCUT2D eigenvalue weighted by Gasteiger charge is 2.42. The summed E-state index contributed by atoms with van der Waals surface area (Å²) in [6.07, 6.45) is -2.11. The van der Waals surface area contributed by atoms with E-state index in [4.69, 9.17) is 9.47 Å².